The summed E-state index contributed by atoms with van der Waals surface area (Å²) >= 11 is 0. The zero-order valence-corrected chi connectivity index (χ0v) is 12.9. The average Bonchev–Trinajstić information content (AvgIpc) is 2.34. The fourth-order valence-corrected chi connectivity index (χ4v) is 3.98. The minimum atomic E-state index is 0.816. The molecule has 1 heteroatoms. The van der Waals surface area contributed by atoms with E-state index in [1.165, 1.54) is 44.9 Å². The van der Waals surface area contributed by atoms with E-state index in [0.717, 1.165) is 35.8 Å². The van der Waals surface area contributed by atoms with Crippen LogP contribution in [-0.4, -0.2) is 12.1 Å². The third kappa shape index (κ3) is 3.73. The molecule has 0 aromatic heterocycles. The number of rotatable bonds is 3. The van der Waals surface area contributed by atoms with E-state index in [1.54, 1.807) is 0 Å². The first-order chi connectivity index (χ1) is 8.56. The summed E-state index contributed by atoms with van der Waals surface area (Å²) in [5, 5.41) is 3.97. The maximum Gasteiger partial charge on any atom is 0.00723 e. The molecular formula is C17H33N. The van der Waals surface area contributed by atoms with Crippen LogP contribution in [0.1, 0.15) is 72.6 Å². The SMILES string of the molecule is CC(C)C1CCC(NC2CCC(C)C(C)C2)CC1. The van der Waals surface area contributed by atoms with Crippen LogP contribution in [0.2, 0.25) is 0 Å². The normalized spacial score (nSPS) is 42.2. The highest BCUT2D eigenvalue weighted by atomic mass is 15.0. The fraction of sp³-hybridized carbons (Fsp3) is 1.00. The van der Waals surface area contributed by atoms with E-state index in [4.69, 9.17) is 0 Å². The molecule has 0 heterocycles. The lowest BCUT2D eigenvalue weighted by Gasteiger charge is -2.38. The Balaban J connectivity index is 1.72. The molecule has 0 bridgehead atoms. The van der Waals surface area contributed by atoms with Crippen molar-refractivity contribution in [1.29, 1.82) is 0 Å². The van der Waals surface area contributed by atoms with E-state index in [-0.39, 0.29) is 0 Å². The van der Waals surface area contributed by atoms with Crippen LogP contribution in [0.3, 0.4) is 0 Å². The Bertz CT molecular complexity index is 240. The molecule has 0 amide bonds. The molecule has 0 radical (unpaired) electrons. The molecular weight excluding hydrogens is 218 g/mol. The Morgan fingerprint density at radius 3 is 1.94 bits per heavy atom. The molecule has 0 aromatic rings. The summed E-state index contributed by atoms with van der Waals surface area (Å²) in [5.41, 5.74) is 0. The molecule has 2 saturated carbocycles. The van der Waals surface area contributed by atoms with Crippen LogP contribution in [-0.2, 0) is 0 Å². The molecule has 0 aromatic carbocycles. The van der Waals surface area contributed by atoms with Crippen LogP contribution in [0, 0.1) is 23.7 Å². The van der Waals surface area contributed by atoms with E-state index in [0.29, 0.717) is 0 Å². The lowest BCUT2D eigenvalue weighted by Crippen LogP contribution is -2.44. The van der Waals surface area contributed by atoms with E-state index in [2.05, 4.69) is 33.0 Å². The van der Waals surface area contributed by atoms with Crippen molar-refractivity contribution in [2.75, 3.05) is 0 Å². The monoisotopic (exact) mass is 251 g/mol. The number of hydrogen-bond donors (Lipinski definition) is 1. The number of nitrogens with one attached hydrogen (secondary N) is 1. The third-order valence-electron chi connectivity index (χ3n) is 5.78. The van der Waals surface area contributed by atoms with E-state index >= 15 is 0 Å². The van der Waals surface area contributed by atoms with Crippen molar-refractivity contribution in [2.45, 2.75) is 84.7 Å². The fourth-order valence-electron chi connectivity index (χ4n) is 3.98. The van der Waals surface area contributed by atoms with Gasteiger partial charge in [0, 0.05) is 12.1 Å². The quantitative estimate of drug-likeness (QED) is 0.772. The minimum absolute atomic E-state index is 0.816. The van der Waals surface area contributed by atoms with Gasteiger partial charge >= 0.3 is 0 Å². The van der Waals surface area contributed by atoms with Crippen molar-refractivity contribution in [3.63, 3.8) is 0 Å². The minimum Gasteiger partial charge on any atom is -0.311 e. The smallest absolute Gasteiger partial charge is 0.00723 e. The van der Waals surface area contributed by atoms with Crippen molar-refractivity contribution < 1.29 is 0 Å². The average molecular weight is 251 g/mol. The van der Waals surface area contributed by atoms with Gasteiger partial charge in [0.05, 0.1) is 0 Å². The lowest BCUT2D eigenvalue weighted by molar-refractivity contribution is 0.182. The molecule has 2 rings (SSSR count). The third-order valence-corrected chi connectivity index (χ3v) is 5.78. The van der Waals surface area contributed by atoms with Gasteiger partial charge in [-0.2, -0.15) is 0 Å². The van der Waals surface area contributed by atoms with Gasteiger partial charge in [-0.3, -0.25) is 0 Å². The largest absolute Gasteiger partial charge is 0.311 e. The maximum atomic E-state index is 3.97. The second-order valence-corrected chi connectivity index (χ2v) is 7.49. The van der Waals surface area contributed by atoms with Crippen LogP contribution < -0.4 is 5.32 Å². The molecule has 18 heavy (non-hydrogen) atoms. The van der Waals surface area contributed by atoms with Crippen molar-refractivity contribution >= 4 is 0 Å². The van der Waals surface area contributed by atoms with Crippen LogP contribution in [0.5, 0.6) is 0 Å². The summed E-state index contributed by atoms with van der Waals surface area (Å²) in [7, 11) is 0. The van der Waals surface area contributed by atoms with E-state index in [1.807, 2.05) is 0 Å². The van der Waals surface area contributed by atoms with Gasteiger partial charge < -0.3 is 5.32 Å². The summed E-state index contributed by atoms with van der Waals surface area (Å²) in [6.07, 6.45) is 10.00. The summed E-state index contributed by atoms with van der Waals surface area (Å²) < 4.78 is 0. The first-order valence-electron chi connectivity index (χ1n) is 8.32. The number of hydrogen-bond acceptors (Lipinski definition) is 1. The van der Waals surface area contributed by atoms with E-state index < -0.39 is 0 Å². The van der Waals surface area contributed by atoms with Crippen molar-refractivity contribution in [3.05, 3.63) is 0 Å². The van der Waals surface area contributed by atoms with Crippen molar-refractivity contribution in [1.82, 2.24) is 5.32 Å². The molecule has 1 N–H and O–H groups in total. The Hall–Kier alpha value is -0.0400. The van der Waals surface area contributed by atoms with E-state index in [9.17, 15) is 0 Å². The summed E-state index contributed by atoms with van der Waals surface area (Å²) in [6, 6.07) is 1.64. The van der Waals surface area contributed by atoms with Crippen LogP contribution in [0.4, 0.5) is 0 Å². The predicted molar refractivity (Wildman–Crippen MR) is 79.7 cm³/mol. The highest BCUT2D eigenvalue weighted by Gasteiger charge is 2.28. The van der Waals surface area contributed by atoms with Gasteiger partial charge in [-0.1, -0.05) is 27.7 Å². The topological polar surface area (TPSA) is 12.0 Å². The highest BCUT2D eigenvalue weighted by Crippen LogP contribution is 2.33. The summed E-state index contributed by atoms with van der Waals surface area (Å²) in [4.78, 5) is 0. The lowest BCUT2D eigenvalue weighted by atomic mass is 9.77. The molecule has 1 nitrogen and oxygen atoms in total. The van der Waals surface area contributed by atoms with Gasteiger partial charge in [0.2, 0.25) is 0 Å². The molecule has 2 aliphatic rings. The van der Waals surface area contributed by atoms with Crippen LogP contribution in [0.15, 0.2) is 0 Å². The maximum absolute atomic E-state index is 3.97. The van der Waals surface area contributed by atoms with Gasteiger partial charge in [0.1, 0.15) is 0 Å². The van der Waals surface area contributed by atoms with Gasteiger partial charge in [0.25, 0.3) is 0 Å². The van der Waals surface area contributed by atoms with Crippen molar-refractivity contribution in [3.8, 4) is 0 Å². The second-order valence-electron chi connectivity index (χ2n) is 7.49. The zero-order chi connectivity index (χ0) is 13.1. The Kier molecular flexibility index (Phi) is 5.12. The predicted octanol–water partition coefficient (Wildman–Crippen LogP) is 4.62. The first kappa shape index (κ1) is 14.4. The molecule has 2 aliphatic carbocycles. The molecule has 0 saturated heterocycles. The molecule has 3 atom stereocenters. The molecule has 3 unspecified atom stereocenters. The molecule has 106 valence electrons. The van der Waals surface area contributed by atoms with Crippen LogP contribution >= 0.6 is 0 Å². The van der Waals surface area contributed by atoms with Gasteiger partial charge in [0.15, 0.2) is 0 Å². The Labute approximate surface area is 114 Å². The highest BCUT2D eigenvalue weighted by molar-refractivity contribution is 4.85. The standard InChI is InChI=1S/C17H33N/c1-12(2)15-6-9-16(10-7-15)18-17-8-5-13(3)14(4)11-17/h12-18H,5-11H2,1-4H3. The Morgan fingerprint density at radius 1 is 0.778 bits per heavy atom. The molecule has 0 spiro atoms. The zero-order valence-electron chi connectivity index (χ0n) is 12.9. The summed E-state index contributed by atoms with van der Waals surface area (Å²) in [6.45, 7) is 9.65. The van der Waals surface area contributed by atoms with Gasteiger partial charge in [-0.25, -0.2) is 0 Å². The van der Waals surface area contributed by atoms with Crippen LogP contribution in [0.25, 0.3) is 0 Å². The molecule has 2 fully saturated rings. The second kappa shape index (κ2) is 6.41. The molecule has 0 aliphatic heterocycles. The first-order valence-corrected chi connectivity index (χ1v) is 8.32. The van der Waals surface area contributed by atoms with Crippen molar-refractivity contribution in [2.24, 2.45) is 23.7 Å². The van der Waals surface area contributed by atoms with Gasteiger partial charge in [-0.05, 0) is 68.6 Å². The Morgan fingerprint density at radius 2 is 1.39 bits per heavy atom. The van der Waals surface area contributed by atoms with Gasteiger partial charge in [-0.15, -0.1) is 0 Å². The summed E-state index contributed by atoms with van der Waals surface area (Å²) in [5.74, 6) is 3.75.